The number of amides is 3. The van der Waals surface area contributed by atoms with Crippen molar-refractivity contribution in [2.45, 2.75) is 32.2 Å². The highest BCUT2D eigenvalue weighted by Crippen LogP contribution is 2.16. The number of urea groups is 1. The minimum Gasteiger partial charge on any atom is -0.341 e. The van der Waals surface area contributed by atoms with E-state index in [9.17, 15) is 9.59 Å². The van der Waals surface area contributed by atoms with Crippen LogP contribution in [-0.4, -0.2) is 53.2 Å². The Kier molecular flexibility index (Phi) is 4.26. The molecule has 0 radical (unpaired) electrons. The fourth-order valence-electron chi connectivity index (χ4n) is 2.23. The summed E-state index contributed by atoms with van der Waals surface area (Å²) in [6, 6.07) is 1.59. The summed E-state index contributed by atoms with van der Waals surface area (Å²) < 4.78 is 0. The molecule has 110 valence electrons. The van der Waals surface area contributed by atoms with Gasteiger partial charge in [-0.2, -0.15) is 5.10 Å². The summed E-state index contributed by atoms with van der Waals surface area (Å²) in [7, 11) is 1.57. The Balaban J connectivity index is 1.95. The molecule has 3 amide bonds. The van der Waals surface area contributed by atoms with Crippen molar-refractivity contribution in [1.82, 2.24) is 25.7 Å². The molecule has 1 aromatic rings. The summed E-state index contributed by atoms with van der Waals surface area (Å²) in [6.07, 6.45) is 0.768. The molecule has 1 aromatic heterocycles. The first-order valence-electron chi connectivity index (χ1n) is 6.84. The molecule has 0 aliphatic carbocycles. The average Bonchev–Trinajstić information content (AvgIpc) is 3.06. The fourth-order valence-corrected chi connectivity index (χ4v) is 2.23. The number of rotatable bonds is 3. The zero-order valence-corrected chi connectivity index (χ0v) is 12.1. The number of hydrogen-bond donors (Lipinski definition) is 3. The Labute approximate surface area is 118 Å². The minimum atomic E-state index is -0.215. The van der Waals surface area contributed by atoms with E-state index in [-0.39, 0.29) is 23.9 Å². The van der Waals surface area contributed by atoms with Crippen molar-refractivity contribution in [3.05, 3.63) is 17.5 Å². The number of carbonyl (C=O) groups excluding carboxylic acids is 2. The predicted octanol–water partition coefficient (Wildman–Crippen LogP) is 0.677. The highest BCUT2D eigenvalue weighted by molar-refractivity contribution is 5.92. The second-order valence-electron chi connectivity index (χ2n) is 5.32. The first-order chi connectivity index (χ1) is 9.51. The molecular formula is C13H21N5O2. The van der Waals surface area contributed by atoms with E-state index in [1.165, 1.54) is 0 Å². The summed E-state index contributed by atoms with van der Waals surface area (Å²) in [5.41, 5.74) is 1.39. The van der Waals surface area contributed by atoms with Crippen LogP contribution in [0.3, 0.4) is 0 Å². The van der Waals surface area contributed by atoms with Gasteiger partial charge in [-0.1, -0.05) is 13.8 Å². The van der Waals surface area contributed by atoms with Gasteiger partial charge in [0, 0.05) is 26.2 Å². The summed E-state index contributed by atoms with van der Waals surface area (Å²) in [5.74, 6) is 0.222. The number of carbonyl (C=O) groups is 2. The van der Waals surface area contributed by atoms with Crippen molar-refractivity contribution in [3.8, 4) is 0 Å². The second-order valence-corrected chi connectivity index (χ2v) is 5.32. The molecule has 20 heavy (non-hydrogen) atoms. The van der Waals surface area contributed by atoms with Crippen molar-refractivity contribution < 1.29 is 9.59 Å². The van der Waals surface area contributed by atoms with Gasteiger partial charge in [-0.3, -0.25) is 9.89 Å². The number of aromatic amines is 1. The third kappa shape index (κ3) is 3.09. The predicted molar refractivity (Wildman–Crippen MR) is 74.6 cm³/mol. The molecule has 0 spiro atoms. The van der Waals surface area contributed by atoms with Crippen molar-refractivity contribution in [2.24, 2.45) is 0 Å². The lowest BCUT2D eigenvalue weighted by Gasteiger charge is -2.16. The van der Waals surface area contributed by atoms with Gasteiger partial charge in [0.2, 0.25) is 0 Å². The molecule has 1 atom stereocenters. The minimum absolute atomic E-state index is 0.00592. The Bertz CT molecular complexity index is 497. The van der Waals surface area contributed by atoms with Gasteiger partial charge in [0.25, 0.3) is 5.91 Å². The zero-order valence-electron chi connectivity index (χ0n) is 12.1. The number of H-pyrrole nitrogens is 1. The first-order valence-corrected chi connectivity index (χ1v) is 6.84. The molecule has 3 N–H and O–H groups in total. The van der Waals surface area contributed by atoms with E-state index in [1.807, 2.05) is 13.8 Å². The van der Waals surface area contributed by atoms with Crippen LogP contribution in [0.25, 0.3) is 0 Å². The Morgan fingerprint density at radius 1 is 1.50 bits per heavy atom. The number of aromatic nitrogens is 2. The fraction of sp³-hybridized carbons (Fsp3) is 0.615. The topological polar surface area (TPSA) is 90.1 Å². The van der Waals surface area contributed by atoms with Crippen molar-refractivity contribution in [2.75, 3.05) is 20.1 Å². The molecule has 1 unspecified atom stereocenters. The third-order valence-electron chi connectivity index (χ3n) is 3.46. The first kappa shape index (κ1) is 14.4. The highest BCUT2D eigenvalue weighted by atomic mass is 16.2. The van der Waals surface area contributed by atoms with Crippen molar-refractivity contribution in [1.29, 1.82) is 0 Å². The SMILES string of the molecule is CNC(=O)NC1CCN(C(=O)c2cc(C(C)C)n[nH]2)C1. The lowest BCUT2D eigenvalue weighted by molar-refractivity contribution is 0.0783. The van der Waals surface area contributed by atoms with Gasteiger partial charge in [-0.05, 0) is 18.4 Å². The van der Waals surface area contributed by atoms with Crippen molar-refractivity contribution >= 4 is 11.9 Å². The van der Waals surface area contributed by atoms with Gasteiger partial charge in [-0.25, -0.2) is 4.79 Å². The molecule has 0 saturated carbocycles. The van der Waals surface area contributed by atoms with E-state index in [4.69, 9.17) is 0 Å². The van der Waals surface area contributed by atoms with Crippen LogP contribution in [0.4, 0.5) is 4.79 Å². The summed E-state index contributed by atoms with van der Waals surface area (Å²) in [6.45, 7) is 5.24. The standard InChI is InChI=1S/C13H21N5O2/c1-8(2)10-6-11(17-16-10)12(19)18-5-4-9(7-18)15-13(20)14-3/h6,8-9H,4-5,7H2,1-3H3,(H,16,17)(H2,14,15,20). The van der Waals surface area contributed by atoms with Gasteiger partial charge in [0.15, 0.2) is 0 Å². The quantitative estimate of drug-likeness (QED) is 0.760. The van der Waals surface area contributed by atoms with E-state index in [1.54, 1.807) is 18.0 Å². The second kappa shape index (κ2) is 5.94. The van der Waals surface area contributed by atoms with Gasteiger partial charge in [0.05, 0.1) is 5.69 Å². The molecular weight excluding hydrogens is 258 g/mol. The van der Waals surface area contributed by atoms with E-state index >= 15 is 0 Å². The molecule has 0 aromatic carbocycles. The maximum Gasteiger partial charge on any atom is 0.314 e. The lowest BCUT2D eigenvalue weighted by atomic mass is 10.1. The Morgan fingerprint density at radius 3 is 2.85 bits per heavy atom. The largest absolute Gasteiger partial charge is 0.341 e. The molecule has 0 bridgehead atoms. The number of likely N-dealkylation sites (tertiary alicyclic amines) is 1. The Morgan fingerprint density at radius 2 is 2.25 bits per heavy atom. The monoisotopic (exact) mass is 279 g/mol. The Hall–Kier alpha value is -2.05. The van der Waals surface area contributed by atoms with Crippen LogP contribution in [0, 0.1) is 0 Å². The van der Waals surface area contributed by atoms with Crippen LogP contribution in [-0.2, 0) is 0 Å². The van der Waals surface area contributed by atoms with Gasteiger partial charge in [0.1, 0.15) is 5.69 Å². The molecule has 2 rings (SSSR count). The summed E-state index contributed by atoms with van der Waals surface area (Å²) in [4.78, 5) is 25.3. The number of nitrogens with zero attached hydrogens (tertiary/aromatic N) is 2. The van der Waals surface area contributed by atoms with Crippen LogP contribution in [0.5, 0.6) is 0 Å². The van der Waals surface area contributed by atoms with E-state index in [0.29, 0.717) is 18.8 Å². The molecule has 1 saturated heterocycles. The molecule has 7 nitrogen and oxygen atoms in total. The van der Waals surface area contributed by atoms with Gasteiger partial charge < -0.3 is 15.5 Å². The number of nitrogens with one attached hydrogen (secondary N) is 3. The third-order valence-corrected chi connectivity index (χ3v) is 3.46. The van der Waals surface area contributed by atoms with E-state index < -0.39 is 0 Å². The summed E-state index contributed by atoms with van der Waals surface area (Å²) >= 11 is 0. The average molecular weight is 279 g/mol. The smallest absolute Gasteiger partial charge is 0.314 e. The molecule has 1 fully saturated rings. The normalized spacial score (nSPS) is 18.4. The van der Waals surface area contributed by atoms with Crippen LogP contribution >= 0.6 is 0 Å². The van der Waals surface area contributed by atoms with Gasteiger partial charge >= 0.3 is 6.03 Å². The van der Waals surface area contributed by atoms with Crippen LogP contribution in [0.15, 0.2) is 6.07 Å². The van der Waals surface area contributed by atoms with Crippen molar-refractivity contribution in [3.63, 3.8) is 0 Å². The number of hydrogen-bond acceptors (Lipinski definition) is 3. The van der Waals surface area contributed by atoms with Crippen LogP contribution in [0.2, 0.25) is 0 Å². The lowest BCUT2D eigenvalue weighted by Crippen LogP contribution is -2.42. The van der Waals surface area contributed by atoms with Gasteiger partial charge in [-0.15, -0.1) is 0 Å². The van der Waals surface area contributed by atoms with E-state index in [2.05, 4.69) is 20.8 Å². The van der Waals surface area contributed by atoms with Crippen LogP contribution in [0.1, 0.15) is 42.4 Å². The highest BCUT2D eigenvalue weighted by Gasteiger charge is 2.28. The van der Waals surface area contributed by atoms with E-state index in [0.717, 1.165) is 12.1 Å². The molecule has 1 aliphatic heterocycles. The van der Waals surface area contributed by atoms with Crippen LogP contribution < -0.4 is 10.6 Å². The summed E-state index contributed by atoms with van der Waals surface area (Å²) in [5, 5.41) is 12.3. The maximum atomic E-state index is 12.3. The maximum absolute atomic E-state index is 12.3. The zero-order chi connectivity index (χ0) is 14.7. The molecule has 1 aliphatic rings. The molecule has 2 heterocycles. The molecule has 7 heteroatoms.